The van der Waals surface area contributed by atoms with E-state index in [0.29, 0.717) is 5.56 Å². The van der Waals surface area contributed by atoms with Gasteiger partial charge in [0.05, 0.1) is 6.04 Å². The van der Waals surface area contributed by atoms with Gasteiger partial charge in [-0.25, -0.2) is 0 Å². The number of benzene rings is 1. The molecule has 1 N–H and O–H groups in total. The van der Waals surface area contributed by atoms with Crippen molar-refractivity contribution in [2.45, 2.75) is 19.4 Å². The molecule has 0 aliphatic heterocycles. The van der Waals surface area contributed by atoms with Gasteiger partial charge in [-0.2, -0.15) is 0 Å². The van der Waals surface area contributed by atoms with Gasteiger partial charge < -0.3 is 5.32 Å². The average Bonchev–Trinajstić information content (AvgIpc) is 2.29. The Kier molecular flexibility index (Phi) is 4.28. The summed E-state index contributed by atoms with van der Waals surface area (Å²) in [5.41, 5.74) is 0.519. The van der Waals surface area contributed by atoms with Crippen molar-refractivity contribution in [3.8, 4) is 12.3 Å². The summed E-state index contributed by atoms with van der Waals surface area (Å²) in [5, 5.41) is 2.60. The standard InChI is InChI=1S/C13H13NO2/c1-3-7-12(10(2)15)14-13(16)11-8-5-4-6-9-11/h1,4-6,8-9,12H,7H2,2H3,(H,14,16)/t12-/m0/s1. The third-order valence-corrected chi connectivity index (χ3v) is 2.15. The lowest BCUT2D eigenvalue weighted by atomic mass is 10.1. The zero-order chi connectivity index (χ0) is 12.0. The fourth-order valence-electron chi connectivity index (χ4n) is 1.25. The van der Waals surface area contributed by atoms with Crippen LogP contribution in [0.1, 0.15) is 23.7 Å². The fraction of sp³-hybridized carbons (Fsp3) is 0.231. The van der Waals surface area contributed by atoms with Gasteiger partial charge in [-0.3, -0.25) is 9.59 Å². The molecule has 82 valence electrons. The molecule has 3 heteroatoms. The molecule has 0 aliphatic carbocycles. The minimum Gasteiger partial charge on any atom is -0.341 e. The van der Waals surface area contributed by atoms with Gasteiger partial charge in [0.1, 0.15) is 0 Å². The Morgan fingerprint density at radius 1 is 1.38 bits per heavy atom. The van der Waals surface area contributed by atoms with Gasteiger partial charge in [0, 0.05) is 12.0 Å². The summed E-state index contributed by atoms with van der Waals surface area (Å²) in [6.45, 7) is 1.41. The smallest absolute Gasteiger partial charge is 0.251 e. The molecule has 0 bridgehead atoms. The molecule has 3 nitrogen and oxygen atoms in total. The van der Waals surface area contributed by atoms with Crippen LogP contribution in [0.15, 0.2) is 30.3 Å². The SMILES string of the molecule is C#CC[C@H](NC(=O)c1ccccc1)C(C)=O. The average molecular weight is 215 g/mol. The molecule has 0 aromatic heterocycles. The topological polar surface area (TPSA) is 46.2 Å². The predicted octanol–water partition coefficient (Wildman–Crippen LogP) is 1.40. The number of nitrogens with one attached hydrogen (secondary N) is 1. The van der Waals surface area contributed by atoms with E-state index in [2.05, 4.69) is 11.2 Å². The van der Waals surface area contributed by atoms with E-state index in [4.69, 9.17) is 6.42 Å². The molecule has 1 amide bonds. The Balaban J connectivity index is 2.70. The Bertz CT molecular complexity index is 417. The van der Waals surface area contributed by atoms with Crippen molar-refractivity contribution in [2.75, 3.05) is 0 Å². The highest BCUT2D eigenvalue weighted by Crippen LogP contribution is 2.00. The number of ketones is 1. The molecule has 0 saturated heterocycles. The van der Waals surface area contributed by atoms with Gasteiger partial charge >= 0.3 is 0 Å². The van der Waals surface area contributed by atoms with Crippen LogP contribution < -0.4 is 5.32 Å². The van der Waals surface area contributed by atoms with Crippen LogP contribution in [-0.2, 0) is 4.79 Å². The lowest BCUT2D eigenvalue weighted by Crippen LogP contribution is -2.39. The summed E-state index contributed by atoms with van der Waals surface area (Å²) in [6.07, 6.45) is 5.34. The van der Waals surface area contributed by atoms with Gasteiger partial charge in [0.25, 0.3) is 5.91 Å². The summed E-state index contributed by atoms with van der Waals surface area (Å²) in [4.78, 5) is 22.9. The monoisotopic (exact) mass is 215 g/mol. The van der Waals surface area contributed by atoms with E-state index in [1.165, 1.54) is 6.92 Å². The number of carbonyl (C=O) groups is 2. The van der Waals surface area contributed by atoms with Gasteiger partial charge in [-0.1, -0.05) is 18.2 Å². The summed E-state index contributed by atoms with van der Waals surface area (Å²) in [7, 11) is 0. The Hall–Kier alpha value is -2.08. The summed E-state index contributed by atoms with van der Waals surface area (Å²) >= 11 is 0. The van der Waals surface area contributed by atoms with E-state index in [0.717, 1.165) is 0 Å². The highest BCUT2D eigenvalue weighted by molar-refractivity contribution is 5.97. The van der Waals surface area contributed by atoms with Crippen LogP contribution in [0.2, 0.25) is 0 Å². The second-order valence-electron chi connectivity index (χ2n) is 3.41. The number of terminal acetylenes is 1. The number of hydrogen-bond acceptors (Lipinski definition) is 2. The zero-order valence-corrected chi connectivity index (χ0v) is 9.07. The highest BCUT2D eigenvalue weighted by Gasteiger charge is 2.16. The van der Waals surface area contributed by atoms with Crippen molar-refractivity contribution < 1.29 is 9.59 Å². The zero-order valence-electron chi connectivity index (χ0n) is 9.07. The molecule has 0 saturated carbocycles. The van der Waals surface area contributed by atoms with Crippen molar-refractivity contribution in [1.29, 1.82) is 0 Å². The number of amides is 1. The maximum absolute atomic E-state index is 11.7. The van der Waals surface area contributed by atoms with E-state index < -0.39 is 6.04 Å². The Morgan fingerprint density at radius 2 is 2.00 bits per heavy atom. The van der Waals surface area contributed by atoms with Crippen LogP contribution in [0, 0.1) is 12.3 Å². The molecule has 0 aliphatic rings. The first-order valence-corrected chi connectivity index (χ1v) is 4.95. The van der Waals surface area contributed by atoms with Gasteiger partial charge in [0.15, 0.2) is 5.78 Å². The van der Waals surface area contributed by atoms with E-state index in [-0.39, 0.29) is 18.1 Å². The molecular weight excluding hydrogens is 202 g/mol. The lowest BCUT2D eigenvalue weighted by molar-refractivity contribution is -0.118. The molecule has 0 spiro atoms. The maximum Gasteiger partial charge on any atom is 0.251 e. The van der Waals surface area contributed by atoms with Crippen LogP contribution in [0.5, 0.6) is 0 Å². The lowest BCUT2D eigenvalue weighted by Gasteiger charge is -2.12. The number of rotatable bonds is 4. The van der Waals surface area contributed by atoms with Crippen LogP contribution in [0.4, 0.5) is 0 Å². The molecule has 1 aromatic rings. The molecule has 1 atom stereocenters. The van der Waals surface area contributed by atoms with E-state index in [1.807, 2.05) is 6.07 Å². The summed E-state index contributed by atoms with van der Waals surface area (Å²) in [5.74, 6) is 1.95. The normalized spacial score (nSPS) is 11.2. The summed E-state index contributed by atoms with van der Waals surface area (Å²) < 4.78 is 0. The van der Waals surface area contributed by atoms with Crippen LogP contribution >= 0.6 is 0 Å². The van der Waals surface area contributed by atoms with Gasteiger partial charge in [0.2, 0.25) is 0 Å². The van der Waals surface area contributed by atoms with Crippen LogP contribution in [0.3, 0.4) is 0 Å². The van der Waals surface area contributed by atoms with Gasteiger partial charge in [-0.05, 0) is 19.1 Å². The molecule has 1 aromatic carbocycles. The van der Waals surface area contributed by atoms with E-state index in [9.17, 15) is 9.59 Å². The highest BCUT2D eigenvalue weighted by atomic mass is 16.2. The van der Waals surface area contributed by atoms with Crippen LogP contribution in [-0.4, -0.2) is 17.7 Å². The Morgan fingerprint density at radius 3 is 2.50 bits per heavy atom. The number of carbonyl (C=O) groups excluding carboxylic acids is 2. The summed E-state index contributed by atoms with van der Waals surface area (Å²) in [6, 6.07) is 8.11. The van der Waals surface area contributed by atoms with Crippen molar-refractivity contribution in [3.63, 3.8) is 0 Å². The van der Waals surface area contributed by atoms with Crippen molar-refractivity contribution in [2.24, 2.45) is 0 Å². The third kappa shape index (κ3) is 3.25. The maximum atomic E-state index is 11.7. The van der Waals surface area contributed by atoms with Crippen LogP contribution in [0.25, 0.3) is 0 Å². The minimum atomic E-state index is -0.599. The molecule has 0 heterocycles. The molecular formula is C13H13NO2. The molecule has 0 unspecified atom stereocenters. The third-order valence-electron chi connectivity index (χ3n) is 2.15. The molecule has 16 heavy (non-hydrogen) atoms. The fourth-order valence-corrected chi connectivity index (χ4v) is 1.25. The van der Waals surface area contributed by atoms with Crippen molar-refractivity contribution in [3.05, 3.63) is 35.9 Å². The van der Waals surface area contributed by atoms with Crippen molar-refractivity contribution in [1.82, 2.24) is 5.32 Å². The largest absolute Gasteiger partial charge is 0.341 e. The second kappa shape index (κ2) is 5.72. The minimum absolute atomic E-state index is 0.137. The first-order valence-electron chi connectivity index (χ1n) is 4.95. The Labute approximate surface area is 94.9 Å². The first kappa shape index (κ1) is 12.0. The van der Waals surface area contributed by atoms with Gasteiger partial charge in [-0.15, -0.1) is 12.3 Å². The predicted molar refractivity (Wildman–Crippen MR) is 61.8 cm³/mol. The number of hydrogen-bond donors (Lipinski definition) is 1. The second-order valence-corrected chi connectivity index (χ2v) is 3.41. The van der Waals surface area contributed by atoms with Crippen molar-refractivity contribution >= 4 is 11.7 Å². The van der Waals surface area contributed by atoms with E-state index in [1.54, 1.807) is 24.3 Å². The molecule has 0 radical (unpaired) electrons. The molecule has 1 rings (SSSR count). The molecule has 0 fully saturated rings. The quantitative estimate of drug-likeness (QED) is 0.772. The first-order chi connectivity index (χ1) is 7.65. The van der Waals surface area contributed by atoms with E-state index >= 15 is 0 Å². The number of Topliss-reactive ketones (excluding diaryl/α,β-unsaturated/α-hetero) is 1.